The van der Waals surface area contributed by atoms with Gasteiger partial charge in [-0.05, 0) is 30.3 Å². The Morgan fingerprint density at radius 1 is 0.886 bits per heavy atom. The van der Waals surface area contributed by atoms with E-state index in [9.17, 15) is 10.1 Å². The number of halogens is 1. The maximum atomic E-state index is 11.3. The van der Waals surface area contributed by atoms with E-state index in [-0.39, 0.29) is 19.8 Å². The summed E-state index contributed by atoms with van der Waals surface area (Å²) >= 11 is 3.09. The zero-order valence-electron chi connectivity index (χ0n) is 24.7. The highest BCUT2D eigenvalue weighted by Crippen LogP contribution is 2.43. The van der Waals surface area contributed by atoms with Crippen LogP contribution in [0.1, 0.15) is 0 Å². The van der Waals surface area contributed by atoms with Crippen LogP contribution in [0.15, 0.2) is 36.5 Å². The Morgan fingerprint density at radius 2 is 1.32 bits per heavy atom. The number of methoxy groups -OCH3 is 4. The third kappa shape index (κ3) is 6.99. The Bertz CT molecular complexity index is 1820. The van der Waals surface area contributed by atoms with Gasteiger partial charge in [-0.3, -0.25) is 10.1 Å². The summed E-state index contributed by atoms with van der Waals surface area (Å²) in [6.45, 7) is -0.289. The number of ether oxygens (including phenoxy) is 7. The highest BCUT2D eigenvalue weighted by atomic mass is 79.9. The average molecular weight is 700 g/mol. The van der Waals surface area contributed by atoms with Crippen LogP contribution >= 0.6 is 15.9 Å². The van der Waals surface area contributed by atoms with Gasteiger partial charge in [-0.2, -0.15) is 4.57 Å². The van der Waals surface area contributed by atoms with Crippen molar-refractivity contribution >= 4 is 58.5 Å². The summed E-state index contributed by atoms with van der Waals surface area (Å²) in [7, 11) is 4.42. The van der Waals surface area contributed by atoms with Gasteiger partial charge in [-0.1, -0.05) is 0 Å². The summed E-state index contributed by atoms with van der Waals surface area (Å²) in [5.74, 6) is 2.89. The number of fused-ring (bicyclic) bond motifs is 5. The third-order valence-electron chi connectivity index (χ3n) is 6.79. The highest BCUT2D eigenvalue weighted by Gasteiger charge is 2.45. The van der Waals surface area contributed by atoms with Crippen LogP contribution in [0.3, 0.4) is 0 Å². The fourth-order valence-electron chi connectivity index (χ4n) is 4.80. The molecule has 1 saturated heterocycles. The minimum atomic E-state index is -3.92. The van der Waals surface area contributed by atoms with Crippen LogP contribution in [0.4, 0.5) is 0 Å². The van der Waals surface area contributed by atoms with Crippen LogP contribution in [0.5, 0.6) is 28.7 Å². The number of alkyl halides is 1. The molecular formula is C28H31BrN2O12S. The zero-order chi connectivity index (χ0) is 32.4. The molecule has 0 atom stereocenters. The van der Waals surface area contributed by atoms with E-state index in [4.69, 9.17) is 46.1 Å². The number of nitrogens with zero attached hydrogens (tertiary/aromatic N) is 2. The Balaban J connectivity index is 0.000000818. The van der Waals surface area contributed by atoms with Gasteiger partial charge in [-0.25, -0.2) is 8.42 Å². The molecule has 1 aromatic heterocycles. The van der Waals surface area contributed by atoms with Crippen LogP contribution in [0, 0.1) is 10.1 Å². The molecule has 0 bridgehead atoms. The number of hydrogen-bond acceptors (Lipinski definition) is 12. The summed E-state index contributed by atoms with van der Waals surface area (Å²) in [5.41, 5.74) is 0.943. The van der Waals surface area contributed by atoms with Crippen molar-refractivity contribution in [3.63, 3.8) is 0 Å². The number of benzene rings is 3. The molecule has 0 N–H and O–H groups in total. The highest BCUT2D eigenvalue weighted by molar-refractivity contribution is 9.10. The quantitative estimate of drug-likeness (QED) is 0.0501. The fourth-order valence-corrected chi connectivity index (χ4v) is 5.07. The smallest absolute Gasteiger partial charge is 0.320 e. The molecule has 1 aliphatic rings. The monoisotopic (exact) mass is 698 g/mol. The van der Waals surface area contributed by atoms with Crippen molar-refractivity contribution in [1.82, 2.24) is 0 Å². The Labute approximate surface area is 261 Å². The lowest BCUT2D eigenvalue weighted by Gasteiger charge is -2.29. The van der Waals surface area contributed by atoms with Gasteiger partial charge in [-0.15, -0.1) is 0 Å². The molecule has 0 saturated carbocycles. The van der Waals surface area contributed by atoms with E-state index in [0.717, 1.165) is 32.4 Å². The minimum Gasteiger partial charge on any atom is -0.748 e. The molecule has 0 radical (unpaired) electrons. The minimum absolute atomic E-state index is 0.0176. The van der Waals surface area contributed by atoms with E-state index < -0.39 is 25.8 Å². The van der Waals surface area contributed by atoms with Crippen LogP contribution < -0.4 is 28.3 Å². The normalized spacial score (nSPS) is 18.4. The first kappa shape index (κ1) is 33.2. The zero-order valence-corrected chi connectivity index (χ0v) is 27.1. The second kappa shape index (κ2) is 13.1. The topological polar surface area (TPSA) is 169 Å². The SMILES string of the molecule is COc1cc2c[n+](C)c3c4cc(OC)c(OC)cc4c(OCC4OCC(Br)([N+](=O)[O-])CO4)cc3c2cc1OC.CS(=O)(=O)[O-]. The molecule has 0 unspecified atom stereocenters. The molecule has 1 aliphatic heterocycles. The first-order valence-corrected chi connectivity index (χ1v) is 15.5. The van der Waals surface area contributed by atoms with E-state index in [1.54, 1.807) is 28.4 Å². The molecule has 0 amide bonds. The number of hydrogen-bond donors (Lipinski definition) is 0. The predicted molar refractivity (Wildman–Crippen MR) is 162 cm³/mol. The predicted octanol–water partition coefficient (Wildman–Crippen LogP) is 3.29. The second-order valence-corrected chi connectivity index (χ2v) is 12.7. The summed E-state index contributed by atoms with van der Waals surface area (Å²) < 4.78 is 67.5. The van der Waals surface area contributed by atoms with Gasteiger partial charge in [0.25, 0.3) is 0 Å². The molecular weight excluding hydrogens is 668 g/mol. The Morgan fingerprint density at radius 3 is 1.82 bits per heavy atom. The van der Waals surface area contributed by atoms with Crippen molar-refractivity contribution in [2.45, 2.75) is 10.7 Å². The average Bonchev–Trinajstić information content (AvgIpc) is 2.98. The Kier molecular flexibility index (Phi) is 9.90. The molecule has 238 valence electrons. The molecule has 16 heteroatoms. The number of pyridine rings is 1. The summed E-state index contributed by atoms with van der Waals surface area (Å²) in [6.07, 6.45) is 1.85. The van der Waals surface area contributed by atoms with Crippen molar-refractivity contribution in [2.24, 2.45) is 7.05 Å². The first-order valence-electron chi connectivity index (χ1n) is 12.9. The number of aromatic nitrogens is 1. The van der Waals surface area contributed by atoms with Gasteiger partial charge in [0.1, 0.15) is 32.6 Å². The van der Waals surface area contributed by atoms with E-state index in [1.807, 2.05) is 48.1 Å². The molecule has 14 nitrogen and oxygen atoms in total. The molecule has 1 fully saturated rings. The lowest BCUT2D eigenvalue weighted by Crippen LogP contribution is -2.49. The molecule has 2 heterocycles. The van der Waals surface area contributed by atoms with E-state index in [1.165, 1.54) is 0 Å². The molecule has 0 spiro atoms. The summed E-state index contributed by atoms with van der Waals surface area (Å²) in [4.78, 5) is 10.8. The van der Waals surface area contributed by atoms with Gasteiger partial charge in [0.05, 0.1) is 54.7 Å². The van der Waals surface area contributed by atoms with Crippen molar-refractivity contribution in [3.8, 4) is 28.7 Å². The molecule has 44 heavy (non-hydrogen) atoms. The van der Waals surface area contributed by atoms with Crippen LogP contribution in [0.2, 0.25) is 0 Å². The summed E-state index contributed by atoms with van der Waals surface area (Å²) in [6, 6.07) is 9.60. The van der Waals surface area contributed by atoms with Crippen molar-refractivity contribution in [1.29, 1.82) is 0 Å². The van der Waals surface area contributed by atoms with Crippen LogP contribution in [0.25, 0.3) is 32.4 Å². The van der Waals surface area contributed by atoms with E-state index in [0.29, 0.717) is 35.0 Å². The van der Waals surface area contributed by atoms with Gasteiger partial charge in [0.2, 0.25) is 5.52 Å². The number of aryl methyl sites for hydroxylation is 1. The van der Waals surface area contributed by atoms with Crippen molar-refractivity contribution in [3.05, 3.63) is 46.6 Å². The summed E-state index contributed by atoms with van der Waals surface area (Å²) in [5, 5.41) is 15.7. The van der Waals surface area contributed by atoms with E-state index in [2.05, 4.69) is 15.9 Å². The molecule has 3 aromatic carbocycles. The van der Waals surface area contributed by atoms with Crippen LogP contribution in [-0.2, 0) is 26.6 Å². The van der Waals surface area contributed by atoms with E-state index >= 15 is 0 Å². The third-order valence-corrected chi connectivity index (χ3v) is 7.54. The first-order chi connectivity index (χ1) is 20.7. The van der Waals surface area contributed by atoms with Gasteiger partial charge in [0, 0.05) is 37.9 Å². The van der Waals surface area contributed by atoms with Gasteiger partial charge >= 0.3 is 4.45 Å². The fraction of sp³-hybridized carbons (Fsp3) is 0.393. The maximum absolute atomic E-state index is 11.3. The molecule has 4 aromatic rings. The molecule has 0 aliphatic carbocycles. The maximum Gasteiger partial charge on any atom is 0.320 e. The van der Waals surface area contributed by atoms with Crippen molar-refractivity contribution in [2.75, 3.05) is 54.5 Å². The lowest BCUT2D eigenvalue weighted by molar-refractivity contribution is -0.642. The van der Waals surface area contributed by atoms with Gasteiger partial charge in [0.15, 0.2) is 35.5 Å². The Hall–Kier alpha value is -3.70. The standard InChI is InChI=1S/C27H28BrN2O9.CH4O3S/c1-29-11-15-6-21(33-2)22(34-3)7-16(15)18-9-20(37-12-25-38-13-27(28,14-39-25)30(31)32)17-8-23(35-4)24(36-5)10-19(17)26(18)29;1-5(2,3)4/h6-11,25H,12-14H2,1-5H3;1H3,(H,2,3,4)/q+1;/p-1. The molecule has 5 rings (SSSR count). The largest absolute Gasteiger partial charge is 0.748 e. The van der Waals surface area contributed by atoms with Crippen molar-refractivity contribution < 1.29 is 55.6 Å². The number of rotatable bonds is 8. The van der Waals surface area contributed by atoms with Crippen LogP contribution in [-0.4, -0.2) is 83.1 Å². The lowest BCUT2D eigenvalue weighted by atomic mass is 9.99. The number of nitro groups is 1. The second-order valence-electron chi connectivity index (χ2n) is 9.80. The van der Waals surface area contributed by atoms with Gasteiger partial charge < -0.3 is 37.7 Å².